The van der Waals surface area contributed by atoms with Crippen LogP contribution in [0.3, 0.4) is 0 Å². The van der Waals surface area contributed by atoms with E-state index in [1.807, 2.05) is 0 Å². The van der Waals surface area contributed by atoms with Crippen molar-refractivity contribution in [3.8, 4) is 0 Å². The van der Waals surface area contributed by atoms with Gasteiger partial charge in [0.05, 0.1) is 5.60 Å². The molecule has 4 heteroatoms. The molecule has 1 spiro atoms. The molecule has 2 aliphatic heterocycles. The summed E-state index contributed by atoms with van der Waals surface area (Å²) in [6.45, 7) is 4.56. The van der Waals surface area contributed by atoms with Crippen LogP contribution >= 0.6 is 15.9 Å². The molecule has 0 amide bonds. The molecule has 2 N–H and O–H groups in total. The second-order valence-electron chi connectivity index (χ2n) is 6.43. The predicted molar refractivity (Wildman–Crippen MR) is 87.3 cm³/mol. The van der Waals surface area contributed by atoms with E-state index < -0.39 is 0 Å². The van der Waals surface area contributed by atoms with Gasteiger partial charge in [-0.15, -0.1) is 0 Å². The van der Waals surface area contributed by atoms with E-state index in [1.165, 1.54) is 11.1 Å². The molecule has 1 aromatic carbocycles. The summed E-state index contributed by atoms with van der Waals surface area (Å²) in [5.74, 6) is 0.492. The Kier molecular flexibility index (Phi) is 4.69. The van der Waals surface area contributed by atoms with Crippen LogP contribution < -0.4 is 5.73 Å². The summed E-state index contributed by atoms with van der Waals surface area (Å²) >= 11 is 3.61. The lowest BCUT2D eigenvalue weighted by Crippen LogP contribution is -2.46. The first-order valence-corrected chi connectivity index (χ1v) is 8.62. The Morgan fingerprint density at radius 3 is 2.76 bits per heavy atom. The maximum Gasteiger partial charge on any atom is 0.0729 e. The van der Waals surface area contributed by atoms with Gasteiger partial charge in [0.25, 0.3) is 0 Å². The van der Waals surface area contributed by atoms with Crippen molar-refractivity contribution < 1.29 is 9.47 Å². The molecule has 3 rings (SSSR count). The van der Waals surface area contributed by atoms with Gasteiger partial charge in [-0.25, -0.2) is 0 Å². The van der Waals surface area contributed by atoms with Gasteiger partial charge in [0, 0.05) is 30.3 Å². The SMILES string of the molecule is Cc1ccc(C(N)C2CCOC3(CCOCC3)C2)cc1Br. The molecular formula is C17H24BrNO2. The fourth-order valence-electron chi connectivity index (χ4n) is 3.55. The van der Waals surface area contributed by atoms with Crippen LogP contribution in [0.2, 0.25) is 0 Å². The summed E-state index contributed by atoms with van der Waals surface area (Å²) in [5.41, 5.74) is 9.06. The van der Waals surface area contributed by atoms with Crippen LogP contribution in [0.15, 0.2) is 22.7 Å². The van der Waals surface area contributed by atoms with Crippen molar-refractivity contribution in [3.05, 3.63) is 33.8 Å². The summed E-state index contributed by atoms with van der Waals surface area (Å²) in [6, 6.07) is 6.57. The maximum atomic E-state index is 6.57. The molecule has 0 aliphatic carbocycles. The normalized spacial score (nSPS) is 26.7. The molecule has 21 heavy (non-hydrogen) atoms. The minimum Gasteiger partial charge on any atom is -0.381 e. The molecule has 1 aromatic rings. The van der Waals surface area contributed by atoms with Crippen LogP contribution in [0.1, 0.15) is 42.9 Å². The minimum absolute atomic E-state index is 0.0146. The van der Waals surface area contributed by atoms with Gasteiger partial charge in [0.15, 0.2) is 0 Å². The van der Waals surface area contributed by atoms with Crippen molar-refractivity contribution in [3.63, 3.8) is 0 Å². The third-order valence-electron chi connectivity index (χ3n) is 5.02. The summed E-state index contributed by atoms with van der Waals surface area (Å²) in [6.07, 6.45) is 4.12. The first kappa shape index (κ1) is 15.5. The quantitative estimate of drug-likeness (QED) is 0.880. The van der Waals surface area contributed by atoms with Crippen LogP contribution in [-0.4, -0.2) is 25.4 Å². The highest BCUT2D eigenvalue weighted by Gasteiger charge is 2.40. The fourth-order valence-corrected chi connectivity index (χ4v) is 3.95. The molecule has 3 nitrogen and oxygen atoms in total. The summed E-state index contributed by atoms with van der Waals surface area (Å²) < 4.78 is 12.8. The molecule has 2 saturated heterocycles. The van der Waals surface area contributed by atoms with E-state index in [0.29, 0.717) is 5.92 Å². The lowest BCUT2D eigenvalue weighted by molar-refractivity contribution is -0.149. The van der Waals surface area contributed by atoms with Gasteiger partial charge in [0.2, 0.25) is 0 Å². The minimum atomic E-state index is 0.0146. The van der Waals surface area contributed by atoms with Gasteiger partial charge >= 0.3 is 0 Å². The maximum absolute atomic E-state index is 6.57. The first-order chi connectivity index (χ1) is 10.1. The second kappa shape index (κ2) is 6.37. The molecule has 2 heterocycles. The van der Waals surface area contributed by atoms with E-state index in [4.69, 9.17) is 15.2 Å². The van der Waals surface area contributed by atoms with Gasteiger partial charge < -0.3 is 15.2 Å². The van der Waals surface area contributed by atoms with Crippen molar-refractivity contribution >= 4 is 15.9 Å². The largest absolute Gasteiger partial charge is 0.381 e. The second-order valence-corrected chi connectivity index (χ2v) is 7.29. The molecule has 2 aliphatic rings. The number of benzene rings is 1. The highest BCUT2D eigenvalue weighted by molar-refractivity contribution is 9.10. The lowest BCUT2D eigenvalue weighted by Gasteiger charge is -2.44. The smallest absolute Gasteiger partial charge is 0.0729 e. The van der Waals surface area contributed by atoms with Crippen LogP contribution in [0.25, 0.3) is 0 Å². The molecule has 116 valence electrons. The van der Waals surface area contributed by atoms with E-state index in [2.05, 4.69) is 41.1 Å². The van der Waals surface area contributed by atoms with Crippen LogP contribution in [0.4, 0.5) is 0 Å². The molecule has 0 saturated carbocycles. The predicted octanol–water partition coefficient (Wildman–Crippen LogP) is 3.73. The van der Waals surface area contributed by atoms with E-state index in [1.54, 1.807) is 0 Å². The van der Waals surface area contributed by atoms with Crippen molar-refractivity contribution in [1.82, 2.24) is 0 Å². The lowest BCUT2D eigenvalue weighted by atomic mass is 9.76. The number of halogens is 1. The van der Waals surface area contributed by atoms with Crippen molar-refractivity contribution in [2.75, 3.05) is 19.8 Å². The van der Waals surface area contributed by atoms with Crippen LogP contribution in [0.5, 0.6) is 0 Å². The van der Waals surface area contributed by atoms with Gasteiger partial charge in [-0.2, -0.15) is 0 Å². The van der Waals surface area contributed by atoms with Crippen molar-refractivity contribution in [2.45, 2.75) is 44.2 Å². The summed E-state index contributed by atoms with van der Waals surface area (Å²) in [4.78, 5) is 0. The Hall–Kier alpha value is -0.420. The van der Waals surface area contributed by atoms with Gasteiger partial charge in [-0.1, -0.05) is 28.1 Å². The third-order valence-corrected chi connectivity index (χ3v) is 5.88. The molecule has 2 unspecified atom stereocenters. The molecule has 2 atom stereocenters. The third kappa shape index (κ3) is 3.34. The van der Waals surface area contributed by atoms with E-state index >= 15 is 0 Å². The topological polar surface area (TPSA) is 44.5 Å². The Labute approximate surface area is 135 Å². The fraction of sp³-hybridized carbons (Fsp3) is 0.647. The zero-order chi connectivity index (χ0) is 14.9. The van der Waals surface area contributed by atoms with Crippen molar-refractivity contribution in [1.29, 1.82) is 0 Å². The number of hydrogen-bond donors (Lipinski definition) is 1. The summed E-state index contributed by atoms with van der Waals surface area (Å²) in [5, 5.41) is 0. The number of hydrogen-bond acceptors (Lipinski definition) is 3. The average Bonchev–Trinajstić information content (AvgIpc) is 2.50. The molecule has 0 radical (unpaired) electrons. The highest BCUT2D eigenvalue weighted by atomic mass is 79.9. The number of ether oxygens (including phenoxy) is 2. The molecule has 0 bridgehead atoms. The van der Waals surface area contributed by atoms with Gasteiger partial charge in [-0.05, 0) is 55.7 Å². The Bertz CT molecular complexity index is 494. The Balaban J connectivity index is 1.74. The average molecular weight is 354 g/mol. The van der Waals surface area contributed by atoms with E-state index in [0.717, 1.165) is 50.0 Å². The zero-order valence-corrected chi connectivity index (χ0v) is 14.2. The Morgan fingerprint density at radius 2 is 2.05 bits per heavy atom. The highest BCUT2D eigenvalue weighted by Crippen LogP contribution is 2.41. The van der Waals surface area contributed by atoms with Crippen LogP contribution in [-0.2, 0) is 9.47 Å². The standard InChI is InChI=1S/C17H24BrNO2/c1-12-2-3-13(10-15(12)18)16(19)14-4-7-21-17(11-14)5-8-20-9-6-17/h2-3,10,14,16H,4-9,11,19H2,1H3. The van der Waals surface area contributed by atoms with E-state index in [-0.39, 0.29) is 11.6 Å². The van der Waals surface area contributed by atoms with Crippen LogP contribution in [0, 0.1) is 12.8 Å². The van der Waals surface area contributed by atoms with Crippen molar-refractivity contribution in [2.24, 2.45) is 11.7 Å². The number of aryl methyl sites for hydroxylation is 1. The first-order valence-electron chi connectivity index (χ1n) is 7.83. The zero-order valence-electron chi connectivity index (χ0n) is 12.6. The molecule has 0 aromatic heterocycles. The van der Waals surface area contributed by atoms with Gasteiger partial charge in [-0.3, -0.25) is 0 Å². The monoisotopic (exact) mass is 353 g/mol. The number of rotatable bonds is 2. The number of nitrogens with two attached hydrogens (primary N) is 1. The molecule has 2 fully saturated rings. The Morgan fingerprint density at radius 1 is 1.29 bits per heavy atom. The van der Waals surface area contributed by atoms with E-state index in [9.17, 15) is 0 Å². The molecular weight excluding hydrogens is 330 g/mol. The van der Waals surface area contributed by atoms with Gasteiger partial charge in [0.1, 0.15) is 0 Å². The summed E-state index contributed by atoms with van der Waals surface area (Å²) in [7, 11) is 0.